The molecular formula is C104H110N6O20S2. The molecule has 0 amide bonds. The first-order valence-electron chi connectivity index (χ1n) is 41.9. The molecule has 0 unspecified atom stereocenters. The van der Waals surface area contributed by atoms with Crippen molar-refractivity contribution in [2.45, 2.75) is 149 Å². The second-order valence-electron chi connectivity index (χ2n) is 31.8. The third-order valence-corrected chi connectivity index (χ3v) is 24.1. The normalized spacial score (nSPS) is 12.2. The number of rotatable bonds is 36. The van der Waals surface area contributed by atoms with Crippen molar-refractivity contribution in [3.05, 3.63) is 415 Å². The van der Waals surface area contributed by atoms with Gasteiger partial charge >= 0.3 is 35.8 Å². The van der Waals surface area contributed by atoms with Gasteiger partial charge in [0.15, 0.2) is 42.8 Å². The van der Waals surface area contributed by atoms with E-state index in [-0.39, 0.29) is 73.2 Å². The fourth-order valence-electron chi connectivity index (χ4n) is 12.7. The number of aryl methyl sites for hydroxylation is 4. The molecule has 132 heavy (non-hydrogen) atoms. The first kappa shape index (κ1) is 105. The summed E-state index contributed by atoms with van der Waals surface area (Å²) in [5.74, 6) is -6.12. The zero-order valence-electron chi connectivity index (χ0n) is 73.5. The molecule has 18 N–H and O–H groups in total. The standard InChI is InChI=1S/2C18H19NO3.2C17H19NO4S.2C17H17NO3/c2*1-12-2-8-15(9-3-12)17(20)11-14-6-4-13(5-7-14)10-16(19)18(21)22;2*1-12-2-8-15(9-3-12)23(21,22)11-14-6-4-13(5-7-14)10-16(18)17(19)20;2*18-15(17(20)21)10-12-6-8-13(9-7-12)11-16(19)14-4-2-1-3-5-14/h2*2-9,16H,10-11,19H2,1H3,(H,21,22);2*2-9,16H,10-11,18H2,1H3,(H,19,20);2*1-9,15H,10-11,18H2,(H,20,21)/t4*16-;2*15-/m101010/s1. The van der Waals surface area contributed by atoms with Crippen LogP contribution in [0.3, 0.4) is 0 Å². The van der Waals surface area contributed by atoms with Gasteiger partial charge in [0, 0.05) is 47.9 Å². The van der Waals surface area contributed by atoms with Gasteiger partial charge in [-0.05, 0) is 157 Å². The average Bonchev–Trinajstić information content (AvgIpc) is 0.826. The number of sulfone groups is 2. The van der Waals surface area contributed by atoms with Crippen molar-refractivity contribution in [2.75, 3.05) is 0 Å². The molecule has 0 aromatic heterocycles. The number of nitrogens with two attached hydrogens (primary N) is 6. The number of carbonyl (C=O) groups excluding carboxylic acids is 4. The van der Waals surface area contributed by atoms with Crippen LogP contribution in [-0.4, -0.2) is 143 Å². The van der Waals surface area contributed by atoms with Gasteiger partial charge in [-0.1, -0.05) is 301 Å². The van der Waals surface area contributed by atoms with Crippen molar-refractivity contribution in [3.63, 3.8) is 0 Å². The maximum atomic E-state index is 12.4. The summed E-state index contributed by atoms with van der Waals surface area (Å²) in [4.78, 5) is 113. The minimum atomic E-state index is -3.40. The van der Waals surface area contributed by atoms with Crippen LogP contribution in [0.5, 0.6) is 0 Å². The second-order valence-corrected chi connectivity index (χ2v) is 35.8. The van der Waals surface area contributed by atoms with Gasteiger partial charge < -0.3 is 65.0 Å². The van der Waals surface area contributed by atoms with Gasteiger partial charge in [-0.3, -0.25) is 47.9 Å². The minimum absolute atomic E-state index is 0.0607. The van der Waals surface area contributed by atoms with E-state index in [1.54, 1.807) is 121 Å². The monoisotopic (exact) mass is 1830 g/mol. The highest BCUT2D eigenvalue weighted by Gasteiger charge is 2.22. The summed E-state index contributed by atoms with van der Waals surface area (Å²) in [5.41, 5.74) is 49.8. The van der Waals surface area contributed by atoms with Gasteiger partial charge in [0.05, 0.1) is 21.3 Å². The topological polar surface area (TPSA) is 516 Å². The van der Waals surface area contributed by atoms with Gasteiger partial charge in [0.2, 0.25) is 0 Å². The number of hydrogen-bond donors (Lipinski definition) is 12. The lowest BCUT2D eigenvalue weighted by molar-refractivity contribution is -0.139. The SMILES string of the molecule is Cc1ccc(C(=O)Cc2ccc(C[C@@H](N)C(=O)O)cc2)cc1.Cc1ccc(C(=O)Cc2ccc(C[C@H](N)C(=O)O)cc2)cc1.Cc1ccc(S(=O)(=O)Cc2ccc(C[C@@H](N)C(=O)O)cc2)cc1.Cc1ccc(S(=O)(=O)Cc2ccc(C[C@H](N)C(=O)O)cc2)cc1.N[C@@H](Cc1ccc(CC(=O)c2ccccc2)cc1)C(=O)O.N[C@H](Cc1ccc(CC(=O)c2ccccc2)cc1)C(=O)O. The predicted octanol–water partition coefficient (Wildman–Crippen LogP) is 12.7. The highest BCUT2D eigenvalue weighted by Crippen LogP contribution is 2.23. The maximum Gasteiger partial charge on any atom is 0.320 e. The van der Waals surface area contributed by atoms with E-state index in [0.717, 1.165) is 77.9 Å². The summed E-state index contributed by atoms with van der Waals surface area (Å²) in [7, 11) is -6.80. The highest BCUT2D eigenvalue weighted by molar-refractivity contribution is 7.91. The summed E-state index contributed by atoms with van der Waals surface area (Å²) < 4.78 is 49.5. The van der Waals surface area contributed by atoms with E-state index in [4.69, 9.17) is 65.0 Å². The molecule has 12 rings (SSSR count). The molecule has 28 heteroatoms. The first-order chi connectivity index (χ1) is 62.6. The highest BCUT2D eigenvalue weighted by atomic mass is 32.2. The third kappa shape index (κ3) is 36.7. The minimum Gasteiger partial charge on any atom is -0.480 e. The molecule has 12 aromatic rings. The van der Waals surface area contributed by atoms with E-state index in [9.17, 15) is 64.8 Å². The molecule has 0 radical (unpaired) electrons. The zero-order chi connectivity index (χ0) is 96.8. The van der Waals surface area contributed by atoms with Gasteiger partial charge in [-0.25, -0.2) is 16.8 Å². The molecule has 688 valence electrons. The zero-order valence-corrected chi connectivity index (χ0v) is 75.1. The number of aliphatic carboxylic acids is 6. The Morgan fingerprint density at radius 2 is 0.364 bits per heavy atom. The van der Waals surface area contributed by atoms with Crippen LogP contribution in [0.1, 0.15) is 130 Å². The summed E-state index contributed by atoms with van der Waals surface area (Å²) >= 11 is 0. The molecule has 0 aliphatic carbocycles. The fourth-order valence-corrected chi connectivity index (χ4v) is 15.4. The van der Waals surface area contributed by atoms with E-state index in [1.165, 1.54) is 0 Å². The Morgan fingerprint density at radius 1 is 0.212 bits per heavy atom. The Labute approximate surface area is 767 Å². The van der Waals surface area contributed by atoms with Crippen LogP contribution in [0, 0.1) is 27.7 Å². The van der Waals surface area contributed by atoms with Gasteiger partial charge in [-0.15, -0.1) is 0 Å². The Morgan fingerprint density at radius 3 is 0.538 bits per heavy atom. The van der Waals surface area contributed by atoms with Crippen LogP contribution in [0.25, 0.3) is 0 Å². The van der Waals surface area contributed by atoms with E-state index < -0.39 is 91.7 Å². The Balaban J connectivity index is 0.000000216. The third-order valence-electron chi connectivity index (χ3n) is 20.6. The number of Topliss-reactive ketones (excluding diaryl/α,β-unsaturated/α-hetero) is 4. The molecular weight excluding hydrogens is 1720 g/mol. The summed E-state index contributed by atoms with van der Waals surface area (Å²) in [6.45, 7) is 7.76. The van der Waals surface area contributed by atoms with Crippen LogP contribution < -0.4 is 34.4 Å². The number of hydrogen-bond acceptors (Lipinski definition) is 20. The number of carbonyl (C=O) groups is 10. The van der Waals surface area contributed by atoms with E-state index in [2.05, 4.69) is 0 Å². The van der Waals surface area contributed by atoms with Crippen LogP contribution in [0.4, 0.5) is 0 Å². The molecule has 0 aliphatic rings. The molecule has 0 aliphatic heterocycles. The van der Waals surface area contributed by atoms with Crippen molar-refractivity contribution in [3.8, 4) is 0 Å². The summed E-state index contributed by atoms with van der Waals surface area (Å²) in [5, 5.41) is 52.7. The summed E-state index contributed by atoms with van der Waals surface area (Å²) in [6, 6.07) is 84.1. The summed E-state index contributed by atoms with van der Waals surface area (Å²) in [6.07, 6.45) is 2.85. The van der Waals surface area contributed by atoms with Crippen molar-refractivity contribution >= 4 is 78.6 Å². The fraction of sp³-hybridized carbons (Fsp3) is 0.212. The Hall–Kier alpha value is -14.2. The number of carboxylic acid groups (broad SMARTS) is 6. The lowest BCUT2D eigenvalue weighted by atomic mass is 9.99. The van der Waals surface area contributed by atoms with Crippen LogP contribution in [-0.2, 0) is 124 Å². The molecule has 0 spiro atoms. The average molecular weight is 1830 g/mol. The molecule has 0 saturated carbocycles. The van der Waals surface area contributed by atoms with E-state index >= 15 is 0 Å². The lowest BCUT2D eigenvalue weighted by Gasteiger charge is -2.08. The number of ketones is 4. The lowest BCUT2D eigenvalue weighted by Crippen LogP contribution is -2.32. The van der Waals surface area contributed by atoms with Crippen molar-refractivity contribution in [1.29, 1.82) is 0 Å². The van der Waals surface area contributed by atoms with E-state index in [1.807, 2.05) is 210 Å². The number of benzene rings is 12. The van der Waals surface area contributed by atoms with Crippen LogP contribution >= 0.6 is 0 Å². The van der Waals surface area contributed by atoms with Crippen molar-refractivity contribution in [2.24, 2.45) is 34.4 Å². The van der Waals surface area contributed by atoms with Crippen molar-refractivity contribution in [1.82, 2.24) is 0 Å². The molecule has 6 atom stereocenters. The molecule has 26 nitrogen and oxygen atoms in total. The van der Waals surface area contributed by atoms with Crippen molar-refractivity contribution < 1.29 is 95.4 Å². The molecule has 0 saturated heterocycles. The Kier molecular flexibility index (Phi) is 41.2. The Bertz CT molecular complexity index is 5680. The predicted molar refractivity (Wildman–Crippen MR) is 506 cm³/mol. The molecule has 0 bridgehead atoms. The maximum absolute atomic E-state index is 12.4. The smallest absolute Gasteiger partial charge is 0.320 e. The van der Waals surface area contributed by atoms with Crippen LogP contribution in [0.15, 0.2) is 313 Å². The molecule has 12 aromatic carbocycles. The van der Waals surface area contributed by atoms with E-state index in [0.29, 0.717) is 68.9 Å². The van der Waals surface area contributed by atoms with Gasteiger partial charge in [0.25, 0.3) is 0 Å². The molecule has 0 heterocycles. The largest absolute Gasteiger partial charge is 0.480 e. The quantitative estimate of drug-likeness (QED) is 0.0162. The second kappa shape index (κ2) is 51.9. The number of carboxylic acids is 6. The van der Waals surface area contributed by atoms with Crippen LogP contribution in [0.2, 0.25) is 0 Å². The first-order valence-corrected chi connectivity index (χ1v) is 45.2. The van der Waals surface area contributed by atoms with Gasteiger partial charge in [-0.2, -0.15) is 0 Å². The van der Waals surface area contributed by atoms with Gasteiger partial charge in [0.1, 0.15) is 36.3 Å². The molecule has 0 fully saturated rings.